The zero-order valence-corrected chi connectivity index (χ0v) is 31.6. The number of piperidine rings is 2. The van der Waals surface area contributed by atoms with Gasteiger partial charge in [0.05, 0.1) is 44.2 Å². The van der Waals surface area contributed by atoms with E-state index in [9.17, 15) is 9.90 Å². The molecule has 0 amide bonds. The fourth-order valence-electron chi connectivity index (χ4n) is 12.5. The van der Waals surface area contributed by atoms with E-state index in [1.165, 1.54) is 44.3 Å². The second kappa shape index (κ2) is 11.4. The lowest BCUT2D eigenvalue weighted by atomic mass is 9.62. The molecule has 0 aliphatic carbocycles. The van der Waals surface area contributed by atoms with Crippen LogP contribution in [0.4, 0.5) is 0 Å². The zero-order chi connectivity index (χ0) is 36.0. The number of para-hydroxylation sites is 1. The summed E-state index contributed by atoms with van der Waals surface area (Å²) in [7, 11) is 10.7. The van der Waals surface area contributed by atoms with Crippen LogP contribution in [0.2, 0.25) is 0 Å². The van der Waals surface area contributed by atoms with E-state index in [1.807, 2.05) is 6.92 Å². The topological polar surface area (TPSA) is 81.3 Å². The number of benzene rings is 2. The summed E-state index contributed by atoms with van der Waals surface area (Å²) in [6.07, 6.45) is 6.23. The van der Waals surface area contributed by atoms with E-state index in [0.717, 1.165) is 42.6 Å². The number of nitrogens with zero attached hydrogens (tertiary/aromatic N) is 4. The van der Waals surface area contributed by atoms with Gasteiger partial charge in [0.25, 0.3) is 0 Å². The minimum atomic E-state index is -1.25. The molecular formula is C43H52N4O5. The second-order valence-corrected chi connectivity index (χ2v) is 17.2. The molecule has 274 valence electrons. The molecule has 9 nitrogen and oxygen atoms in total. The number of methoxy groups -OCH3 is 1. The number of Topliss-reactive ketones (excluding diaryl/α,β-unsaturated/α-hetero) is 1. The molecule has 2 aromatic heterocycles. The van der Waals surface area contributed by atoms with Crippen LogP contribution in [0, 0.1) is 29.6 Å². The molecule has 6 aliphatic rings. The van der Waals surface area contributed by atoms with Gasteiger partial charge in [0.15, 0.2) is 11.6 Å². The van der Waals surface area contributed by atoms with Crippen LogP contribution in [0.5, 0.6) is 5.75 Å². The average Bonchev–Trinajstić information content (AvgIpc) is 3.55. The van der Waals surface area contributed by atoms with Crippen molar-refractivity contribution in [3.05, 3.63) is 76.3 Å². The van der Waals surface area contributed by atoms with Crippen LogP contribution in [-0.2, 0) is 47.6 Å². The highest BCUT2D eigenvalue weighted by molar-refractivity contribution is 5.94. The summed E-state index contributed by atoms with van der Waals surface area (Å²) in [6, 6.07) is 14.6. The van der Waals surface area contributed by atoms with Crippen molar-refractivity contribution in [1.82, 2.24) is 18.9 Å². The third kappa shape index (κ3) is 4.39. The molecule has 52 heavy (non-hydrogen) atoms. The number of aliphatic hydroxyl groups is 1. The van der Waals surface area contributed by atoms with E-state index < -0.39 is 5.79 Å². The number of hydrogen-bond acceptors (Lipinski definition) is 7. The van der Waals surface area contributed by atoms with Gasteiger partial charge in [0.1, 0.15) is 5.75 Å². The number of ketones is 1. The number of fused-ring (bicyclic) bond motifs is 16. The summed E-state index contributed by atoms with van der Waals surface area (Å²) >= 11 is 0. The van der Waals surface area contributed by atoms with E-state index in [-0.39, 0.29) is 35.6 Å². The Labute approximate surface area is 306 Å². The minimum absolute atomic E-state index is 0.0884. The third-order valence-electron chi connectivity index (χ3n) is 15.0. The lowest BCUT2D eigenvalue weighted by Crippen LogP contribution is -2.62. The third-order valence-corrected chi connectivity index (χ3v) is 15.0. The van der Waals surface area contributed by atoms with Crippen molar-refractivity contribution in [1.29, 1.82) is 0 Å². The van der Waals surface area contributed by atoms with Crippen LogP contribution >= 0.6 is 0 Å². The normalized spacial score (nSPS) is 35.3. The lowest BCUT2D eigenvalue weighted by molar-refractivity contribution is -0.289. The van der Waals surface area contributed by atoms with Crippen molar-refractivity contribution in [3.63, 3.8) is 0 Å². The highest BCUT2D eigenvalue weighted by Crippen LogP contribution is 2.56. The maximum Gasteiger partial charge on any atom is 0.166 e. The van der Waals surface area contributed by atoms with Crippen molar-refractivity contribution in [3.8, 4) is 5.75 Å². The SMILES string of the molecule is COc1cc2c(cc1C[C@H]1[C@@H]3C[C@H]4c5c(c6ccccc6n5C)C[C@@H]([C@@H]3CO[C@@]1(C)O)N4C)c1c(n2C)[C@@H]2C[C@H]3C(C(C)=O)=COC[C@H]3[C@H](C1)N2C. The first-order chi connectivity index (χ1) is 25.0. The van der Waals surface area contributed by atoms with Crippen LogP contribution in [0.15, 0.2) is 48.2 Å². The number of aromatic nitrogens is 2. The predicted octanol–water partition coefficient (Wildman–Crippen LogP) is 5.85. The molecular weight excluding hydrogens is 652 g/mol. The smallest absolute Gasteiger partial charge is 0.166 e. The molecule has 0 spiro atoms. The van der Waals surface area contributed by atoms with E-state index in [0.29, 0.717) is 43.6 Å². The number of allylic oxidation sites excluding steroid dienone is 1. The number of ether oxygens (including phenoxy) is 3. The number of likely N-dealkylation sites (N-methyl/N-ethyl adjacent to an activating group) is 2. The summed E-state index contributed by atoms with van der Waals surface area (Å²) in [5.74, 6) is 0.777. The fourth-order valence-corrected chi connectivity index (χ4v) is 12.5. The van der Waals surface area contributed by atoms with Gasteiger partial charge in [-0.2, -0.15) is 0 Å². The van der Waals surface area contributed by atoms with Crippen LogP contribution < -0.4 is 4.74 Å². The van der Waals surface area contributed by atoms with Crippen molar-refractivity contribution in [2.45, 2.75) is 75.9 Å². The Morgan fingerprint density at radius 1 is 0.885 bits per heavy atom. The molecule has 10 atom stereocenters. The summed E-state index contributed by atoms with van der Waals surface area (Å²) < 4.78 is 23.4. The Bertz CT molecular complexity index is 2180. The minimum Gasteiger partial charge on any atom is -0.500 e. The van der Waals surface area contributed by atoms with Gasteiger partial charge in [-0.15, -0.1) is 0 Å². The van der Waals surface area contributed by atoms with Gasteiger partial charge in [0.2, 0.25) is 0 Å². The molecule has 6 aliphatic heterocycles. The van der Waals surface area contributed by atoms with Crippen LogP contribution in [-0.4, -0.2) is 82.1 Å². The number of rotatable bonds is 4. The van der Waals surface area contributed by atoms with E-state index >= 15 is 0 Å². The highest BCUT2D eigenvalue weighted by Gasteiger charge is 2.56. The Morgan fingerprint density at radius 3 is 2.29 bits per heavy atom. The van der Waals surface area contributed by atoms with Crippen molar-refractivity contribution < 1.29 is 24.1 Å². The van der Waals surface area contributed by atoms with Gasteiger partial charge in [0, 0.05) is 83.2 Å². The lowest BCUT2D eigenvalue weighted by Gasteiger charge is -2.58. The predicted molar refractivity (Wildman–Crippen MR) is 200 cm³/mol. The second-order valence-electron chi connectivity index (χ2n) is 17.2. The highest BCUT2D eigenvalue weighted by atomic mass is 16.6. The van der Waals surface area contributed by atoms with Crippen molar-refractivity contribution in [2.24, 2.45) is 43.7 Å². The Kier molecular flexibility index (Phi) is 7.25. The standard InChI is InChI=1S/C43H52N4O5/c1-22(48)30-19-51-20-31-25(30)14-38-42-29(17-35(31)44(38)3)27-12-23(40(50-7)18-37(27)47(42)6)13-33-26-15-39-41-28(24-10-8-9-11-34(24)46(41)5)16-36(45(39)4)32(26)21-52-43(33,2)49/h8-12,18-19,25-26,31-33,35-36,38-39,49H,13-17,20-21H2,1-7H3/t25-,26+,31+,32+,33-,35-,36-,38-,39-,43+/m0/s1. The number of carbonyl (C=O) groups is 1. The molecule has 4 bridgehead atoms. The van der Waals surface area contributed by atoms with Gasteiger partial charge in [-0.25, -0.2) is 0 Å². The quantitative estimate of drug-likeness (QED) is 0.286. The van der Waals surface area contributed by atoms with Crippen LogP contribution in [0.3, 0.4) is 0 Å². The first-order valence-corrected chi connectivity index (χ1v) is 19.4. The summed E-state index contributed by atoms with van der Waals surface area (Å²) in [6.45, 7) is 4.79. The molecule has 2 aromatic carbocycles. The molecule has 10 rings (SSSR count). The van der Waals surface area contributed by atoms with Gasteiger partial charge in [-0.3, -0.25) is 14.6 Å². The molecule has 8 heterocycles. The molecule has 0 unspecified atom stereocenters. The number of hydrogen-bond donors (Lipinski definition) is 1. The summed E-state index contributed by atoms with van der Waals surface area (Å²) in [4.78, 5) is 17.8. The van der Waals surface area contributed by atoms with Gasteiger partial charge in [-0.05, 0) is 101 Å². The maximum absolute atomic E-state index is 12.7. The van der Waals surface area contributed by atoms with Crippen molar-refractivity contribution in [2.75, 3.05) is 34.4 Å². The number of aryl methyl sites for hydroxylation is 2. The van der Waals surface area contributed by atoms with Gasteiger partial charge >= 0.3 is 0 Å². The average molecular weight is 705 g/mol. The maximum atomic E-state index is 12.7. The molecule has 9 heteroatoms. The van der Waals surface area contributed by atoms with Crippen LogP contribution in [0.25, 0.3) is 21.8 Å². The van der Waals surface area contributed by atoms with Gasteiger partial charge in [-0.1, -0.05) is 18.2 Å². The van der Waals surface area contributed by atoms with Crippen LogP contribution in [0.1, 0.15) is 66.9 Å². The molecule has 3 fully saturated rings. The molecule has 0 saturated carbocycles. The monoisotopic (exact) mass is 704 g/mol. The van der Waals surface area contributed by atoms with E-state index in [1.54, 1.807) is 20.3 Å². The van der Waals surface area contributed by atoms with E-state index in [4.69, 9.17) is 14.2 Å². The first kappa shape index (κ1) is 33.0. The largest absolute Gasteiger partial charge is 0.500 e. The summed E-state index contributed by atoms with van der Waals surface area (Å²) in [5.41, 5.74) is 10.2. The van der Waals surface area contributed by atoms with E-state index in [2.05, 4.69) is 83.5 Å². The Hall–Kier alpha value is -3.63. The number of carbonyl (C=O) groups excluding carboxylic acids is 1. The van der Waals surface area contributed by atoms with Crippen molar-refractivity contribution >= 4 is 27.6 Å². The van der Waals surface area contributed by atoms with Gasteiger partial charge < -0.3 is 28.5 Å². The first-order valence-electron chi connectivity index (χ1n) is 19.4. The summed E-state index contributed by atoms with van der Waals surface area (Å²) in [5, 5.41) is 14.7. The Balaban J connectivity index is 1.04. The molecule has 1 N–H and O–H groups in total. The molecule has 4 aromatic rings. The fraction of sp³-hybridized carbons (Fsp3) is 0.558. The molecule has 0 radical (unpaired) electrons. The zero-order valence-electron chi connectivity index (χ0n) is 31.6. The Morgan fingerprint density at radius 2 is 1.56 bits per heavy atom. The molecule has 3 saturated heterocycles.